The molecular weight excluding hydrogens is 158 g/mol. The van der Waals surface area contributed by atoms with E-state index in [1.54, 1.807) is 13.8 Å². The number of β-amino-alcohol motifs (C(OH)–C–C–N with tert-alkyl or cyclic N) is 1. The molecule has 0 amide bonds. The summed E-state index contributed by atoms with van der Waals surface area (Å²) in [7, 11) is 0. The van der Waals surface area contributed by atoms with Crippen LogP contribution in [0.2, 0.25) is 0 Å². The molecule has 0 aromatic rings. The molecule has 12 heavy (non-hydrogen) atoms. The van der Waals surface area contributed by atoms with E-state index in [-0.39, 0.29) is 0 Å². The van der Waals surface area contributed by atoms with Gasteiger partial charge in [0.25, 0.3) is 0 Å². The predicted molar refractivity (Wildman–Crippen MR) is 43.9 cm³/mol. The standard InChI is InChI=1S/C8H15NO3/c1-7(2,6(10)11)8(12)3-4-9-5-8/h9,12H,3-5H2,1-2H3,(H,10,11). The van der Waals surface area contributed by atoms with E-state index in [9.17, 15) is 9.90 Å². The monoisotopic (exact) mass is 173 g/mol. The fourth-order valence-electron chi connectivity index (χ4n) is 1.41. The molecule has 0 bridgehead atoms. The van der Waals surface area contributed by atoms with Crippen molar-refractivity contribution in [3.8, 4) is 0 Å². The van der Waals surface area contributed by atoms with Crippen LogP contribution in [0.5, 0.6) is 0 Å². The lowest BCUT2D eigenvalue weighted by atomic mass is 9.74. The van der Waals surface area contributed by atoms with Crippen LogP contribution >= 0.6 is 0 Å². The summed E-state index contributed by atoms with van der Waals surface area (Å²) >= 11 is 0. The minimum Gasteiger partial charge on any atom is -0.481 e. The van der Waals surface area contributed by atoms with Crippen LogP contribution in [0.15, 0.2) is 0 Å². The Kier molecular flexibility index (Phi) is 2.14. The van der Waals surface area contributed by atoms with Gasteiger partial charge >= 0.3 is 5.97 Å². The summed E-state index contributed by atoms with van der Waals surface area (Å²) < 4.78 is 0. The molecule has 1 saturated heterocycles. The van der Waals surface area contributed by atoms with E-state index >= 15 is 0 Å². The Morgan fingerprint density at radius 2 is 2.17 bits per heavy atom. The first-order valence-electron chi connectivity index (χ1n) is 4.07. The van der Waals surface area contributed by atoms with E-state index in [4.69, 9.17) is 5.11 Å². The Balaban J connectivity index is 2.85. The molecular formula is C8H15NO3. The molecule has 0 aromatic heterocycles. The minimum atomic E-state index is -1.10. The van der Waals surface area contributed by atoms with Crippen molar-refractivity contribution in [1.82, 2.24) is 5.32 Å². The second-order valence-electron chi connectivity index (χ2n) is 3.89. The third-order valence-corrected chi connectivity index (χ3v) is 2.83. The number of carboxylic acids is 1. The molecule has 4 heteroatoms. The van der Waals surface area contributed by atoms with E-state index in [0.717, 1.165) is 0 Å². The zero-order chi connectivity index (χ0) is 9.41. The maximum atomic E-state index is 10.8. The van der Waals surface area contributed by atoms with Gasteiger partial charge in [-0.15, -0.1) is 0 Å². The van der Waals surface area contributed by atoms with Crippen molar-refractivity contribution >= 4 is 5.97 Å². The molecule has 1 aliphatic heterocycles. The third-order valence-electron chi connectivity index (χ3n) is 2.83. The van der Waals surface area contributed by atoms with Crippen LogP contribution in [0, 0.1) is 5.41 Å². The molecule has 0 saturated carbocycles. The summed E-state index contributed by atoms with van der Waals surface area (Å²) in [5, 5.41) is 21.8. The van der Waals surface area contributed by atoms with Crippen LogP contribution < -0.4 is 5.32 Å². The number of rotatable bonds is 2. The van der Waals surface area contributed by atoms with Crippen molar-refractivity contribution in [2.45, 2.75) is 25.9 Å². The van der Waals surface area contributed by atoms with Gasteiger partial charge in [-0.1, -0.05) is 0 Å². The summed E-state index contributed by atoms with van der Waals surface area (Å²) in [6.07, 6.45) is 0.506. The molecule has 1 heterocycles. The summed E-state index contributed by atoms with van der Waals surface area (Å²) in [6, 6.07) is 0. The molecule has 0 radical (unpaired) electrons. The fraction of sp³-hybridized carbons (Fsp3) is 0.875. The van der Waals surface area contributed by atoms with Crippen molar-refractivity contribution in [3.05, 3.63) is 0 Å². The Labute approximate surface area is 71.6 Å². The number of nitrogens with one attached hydrogen (secondary N) is 1. The SMILES string of the molecule is CC(C)(C(=O)O)C1(O)CCNC1. The van der Waals surface area contributed by atoms with Crippen LogP contribution in [-0.2, 0) is 4.79 Å². The number of hydrogen-bond acceptors (Lipinski definition) is 3. The molecule has 0 aromatic carbocycles. The van der Waals surface area contributed by atoms with E-state index < -0.39 is 17.0 Å². The molecule has 1 unspecified atom stereocenters. The van der Waals surface area contributed by atoms with E-state index in [1.165, 1.54) is 0 Å². The molecule has 0 spiro atoms. The Morgan fingerprint density at radius 1 is 1.58 bits per heavy atom. The zero-order valence-corrected chi connectivity index (χ0v) is 7.42. The Hall–Kier alpha value is -0.610. The normalized spacial score (nSPS) is 30.6. The summed E-state index contributed by atoms with van der Waals surface area (Å²) in [4.78, 5) is 10.8. The van der Waals surface area contributed by atoms with Crippen molar-refractivity contribution in [2.75, 3.05) is 13.1 Å². The number of hydrogen-bond donors (Lipinski definition) is 3. The van der Waals surface area contributed by atoms with Crippen LogP contribution in [0.3, 0.4) is 0 Å². The highest BCUT2D eigenvalue weighted by molar-refractivity contribution is 5.75. The number of aliphatic hydroxyl groups is 1. The molecule has 4 nitrogen and oxygen atoms in total. The number of carbonyl (C=O) groups is 1. The average molecular weight is 173 g/mol. The van der Waals surface area contributed by atoms with Crippen molar-refractivity contribution < 1.29 is 15.0 Å². The Morgan fingerprint density at radius 3 is 2.50 bits per heavy atom. The highest BCUT2D eigenvalue weighted by Crippen LogP contribution is 2.35. The zero-order valence-electron chi connectivity index (χ0n) is 7.42. The summed E-state index contributed by atoms with van der Waals surface area (Å²) in [5.74, 6) is -0.950. The lowest BCUT2D eigenvalue weighted by Gasteiger charge is -2.35. The maximum absolute atomic E-state index is 10.8. The second kappa shape index (κ2) is 2.71. The van der Waals surface area contributed by atoms with Crippen molar-refractivity contribution in [2.24, 2.45) is 5.41 Å². The molecule has 0 aliphatic carbocycles. The van der Waals surface area contributed by atoms with Gasteiger partial charge in [0.1, 0.15) is 0 Å². The predicted octanol–water partition coefficient (Wildman–Crippen LogP) is -0.178. The third kappa shape index (κ3) is 1.21. The van der Waals surface area contributed by atoms with E-state index in [0.29, 0.717) is 19.5 Å². The first-order valence-corrected chi connectivity index (χ1v) is 4.07. The van der Waals surface area contributed by atoms with Crippen LogP contribution in [0.4, 0.5) is 0 Å². The maximum Gasteiger partial charge on any atom is 0.312 e. The highest BCUT2D eigenvalue weighted by Gasteiger charge is 2.50. The largest absolute Gasteiger partial charge is 0.481 e. The van der Waals surface area contributed by atoms with Gasteiger partial charge in [-0.05, 0) is 26.8 Å². The Bertz CT molecular complexity index is 194. The first-order chi connectivity index (χ1) is 5.40. The van der Waals surface area contributed by atoms with Gasteiger partial charge in [0.15, 0.2) is 0 Å². The van der Waals surface area contributed by atoms with Crippen molar-refractivity contribution in [3.63, 3.8) is 0 Å². The van der Waals surface area contributed by atoms with Gasteiger partial charge in [-0.2, -0.15) is 0 Å². The summed E-state index contributed by atoms with van der Waals surface area (Å²) in [6.45, 7) is 4.17. The van der Waals surface area contributed by atoms with Gasteiger partial charge in [0, 0.05) is 6.54 Å². The lowest BCUT2D eigenvalue weighted by molar-refractivity contribution is -0.162. The van der Waals surface area contributed by atoms with Crippen molar-refractivity contribution in [1.29, 1.82) is 0 Å². The van der Waals surface area contributed by atoms with Gasteiger partial charge in [0.05, 0.1) is 11.0 Å². The fourth-order valence-corrected chi connectivity index (χ4v) is 1.41. The topological polar surface area (TPSA) is 69.6 Å². The molecule has 70 valence electrons. The number of aliphatic carboxylic acids is 1. The highest BCUT2D eigenvalue weighted by atomic mass is 16.4. The van der Waals surface area contributed by atoms with E-state index in [2.05, 4.69) is 5.32 Å². The second-order valence-corrected chi connectivity index (χ2v) is 3.89. The quantitative estimate of drug-likeness (QED) is 0.542. The molecule has 1 aliphatic rings. The number of carboxylic acid groups (broad SMARTS) is 1. The first kappa shape index (κ1) is 9.48. The van der Waals surface area contributed by atoms with Crippen LogP contribution in [0.1, 0.15) is 20.3 Å². The summed E-state index contributed by atoms with van der Waals surface area (Å²) in [5.41, 5.74) is -2.17. The minimum absolute atomic E-state index is 0.367. The average Bonchev–Trinajstić information content (AvgIpc) is 2.37. The van der Waals surface area contributed by atoms with Gasteiger partial charge < -0.3 is 15.5 Å². The molecule has 1 fully saturated rings. The van der Waals surface area contributed by atoms with Gasteiger partial charge in [0.2, 0.25) is 0 Å². The smallest absolute Gasteiger partial charge is 0.312 e. The van der Waals surface area contributed by atoms with E-state index in [1.807, 2.05) is 0 Å². The molecule has 1 rings (SSSR count). The molecule has 3 N–H and O–H groups in total. The lowest BCUT2D eigenvalue weighted by Crippen LogP contribution is -2.51. The van der Waals surface area contributed by atoms with Gasteiger partial charge in [-0.3, -0.25) is 4.79 Å². The van der Waals surface area contributed by atoms with Crippen LogP contribution in [0.25, 0.3) is 0 Å². The molecule has 1 atom stereocenters. The van der Waals surface area contributed by atoms with Gasteiger partial charge in [-0.25, -0.2) is 0 Å². The van der Waals surface area contributed by atoms with Crippen LogP contribution in [-0.4, -0.2) is 34.9 Å².